The van der Waals surface area contributed by atoms with Gasteiger partial charge in [-0.1, -0.05) is 51.9 Å². The van der Waals surface area contributed by atoms with Crippen LogP contribution in [0, 0.1) is 23.7 Å². The molecule has 2 fully saturated rings. The van der Waals surface area contributed by atoms with Crippen LogP contribution in [0.4, 0.5) is 8.78 Å². The van der Waals surface area contributed by atoms with Gasteiger partial charge in [-0.15, -0.1) is 0 Å². The normalized spacial score (nSPS) is 34.3. The molecule has 0 aromatic carbocycles. The summed E-state index contributed by atoms with van der Waals surface area (Å²) in [6.07, 6.45) is 14.2. The number of halogens is 2. The summed E-state index contributed by atoms with van der Waals surface area (Å²) >= 11 is 0. The largest absolute Gasteiger partial charge is 0.241 e. The third-order valence-electron chi connectivity index (χ3n) is 6.20. The topological polar surface area (TPSA) is 0 Å². The van der Waals surface area contributed by atoms with E-state index in [1.165, 1.54) is 57.8 Å². The average molecular weight is 300 g/mol. The Morgan fingerprint density at radius 1 is 0.762 bits per heavy atom. The predicted octanol–water partition coefficient (Wildman–Crippen LogP) is 6.83. The number of hydrogen-bond acceptors (Lipinski definition) is 0. The van der Waals surface area contributed by atoms with Crippen molar-refractivity contribution in [3.05, 3.63) is 0 Å². The van der Waals surface area contributed by atoms with Crippen LogP contribution >= 0.6 is 0 Å². The molecule has 0 aromatic rings. The Morgan fingerprint density at radius 2 is 1.33 bits per heavy atom. The zero-order chi connectivity index (χ0) is 15.1. The molecule has 0 spiro atoms. The zero-order valence-electron chi connectivity index (χ0n) is 13.8. The third kappa shape index (κ3) is 5.53. The molecule has 124 valence electrons. The molecule has 0 heterocycles. The van der Waals surface area contributed by atoms with E-state index in [0.29, 0.717) is 0 Å². The van der Waals surface area contributed by atoms with Gasteiger partial charge in [0.15, 0.2) is 0 Å². The third-order valence-corrected chi connectivity index (χ3v) is 6.20. The van der Waals surface area contributed by atoms with E-state index in [2.05, 4.69) is 6.92 Å². The van der Waals surface area contributed by atoms with E-state index < -0.39 is 6.43 Å². The maximum absolute atomic E-state index is 12.7. The minimum Gasteiger partial charge on any atom is -0.210 e. The highest BCUT2D eigenvalue weighted by molar-refractivity contribution is 4.82. The first-order valence-electron chi connectivity index (χ1n) is 9.48. The molecule has 0 bridgehead atoms. The molecule has 0 N–H and O–H groups in total. The first-order valence-corrected chi connectivity index (χ1v) is 9.48. The van der Waals surface area contributed by atoms with Crippen molar-refractivity contribution < 1.29 is 8.78 Å². The Morgan fingerprint density at radius 3 is 1.86 bits per heavy atom. The lowest BCUT2D eigenvalue weighted by Crippen LogP contribution is -2.27. The number of unbranched alkanes of at least 4 members (excludes halogenated alkanes) is 3. The van der Waals surface area contributed by atoms with E-state index in [0.717, 1.165) is 43.4 Å². The number of hydrogen-bond donors (Lipinski definition) is 0. The van der Waals surface area contributed by atoms with Crippen LogP contribution in [0.25, 0.3) is 0 Å². The van der Waals surface area contributed by atoms with Gasteiger partial charge in [0.1, 0.15) is 0 Å². The molecule has 2 heteroatoms. The summed E-state index contributed by atoms with van der Waals surface area (Å²) in [4.78, 5) is 0. The second-order valence-electron chi connectivity index (χ2n) is 7.64. The zero-order valence-corrected chi connectivity index (χ0v) is 13.8. The lowest BCUT2D eigenvalue weighted by atomic mass is 9.68. The van der Waals surface area contributed by atoms with Gasteiger partial charge in [0.05, 0.1) is 0 Å². The van der Waals surface area contributed by atoms with E-state index in [4.69, 9.17) is 0 Å². The SMILES string of the molecule is CCCCCC[C@H]1CC[C@H]([C@H]2CC[C@H](C(F)F)CC2)CC1. The highest BCUT2D eigenvalue weighted by atomic mass is 19.3. The first-order chi connectivity index (χ1) is 10.2. The standard InChI is InChI=1S/C19H34F2/c1-2-3-4-5-6-15-7-9-16(10-8-15)17-11-13-18(14-12-17)19(20)21/h15-19H,2-14H2,1H3/t15-,16-,17-,18-. The van der Waals surface area contributed by atoms with Crippen LogP contribution in [0.15, 0.2) is 0 Å². The molecular formula is C19H34F2. The second-order valence-corrected chi connectivity index (χ2v) is 7.64. The molecule has 0 aliphatic heterocycles. The predicted molar refractivity (Wildman–Crippen MR) is 85.7 cm³/mol. The summed E-state index contributed by atoms with van der Waals surface area (Å²) < 4.78 is 25.4. The van der Waals surface area contributed by atoms with Gasteiger partial charge in [-0.3, -0.25) is 0 Å². The van der Waals surface area contributed by atoms with Crippen molar-refractivity contribution in [1.82, 2.24) is 0 Å². The highest BCUT2D eigenvalue weighted by Crippen LogP contribution is 2.43. The van der Waals surface area contributed by atoms with Crippen LogP contribution in [0.1, 0.15) is 90.4 Å². The van der Waals surface area contributed by atoms with E-state index in [1.54, 1.807) is 0 Å². The molecule has 0 nitrogen and oxygen atoms in total. The van der Waals surface area contributed by atoms with Crippen molar-refractivity contribution in [2.75, 3.05) is 0 Å². The fourth-order valence-electron chi connectivity index (χ4n) is 4.68. The number of rotatable bonds is 7. The molecule has 0 aromatic heterocycles. The molecule has 2 rings (SSSR count). The molecule has 0 radical (unpaired) electrons. The van der Waals surface area contributed by atoms with Crippen molar-refractivity contribution in [3.63, 3.8) is 0 Å². The van der Waals surface area contributed by atoms with Crippen LogP contribution in [0.2, 0.25) is 0 Å². The lowest BCUT2D eigenvalue weighted by Gasteiger charge is -2.37. The van der Waals surface area contributed by atoms with E-state index in [9.17, 15) is 8.78 Å². The van der Waals surface area contributed by atoms with Crippen LogP contribution in [-0.2, 0) is 0 Å². The summed E-state index contributed by atoms with van der Waals surface area (Å²) in [5, 5.41) is 0. The fraction of sp³-hybridized carbons (Fsp3) is 1.00. The van der Waals surface area contributed by atoms with Gasteiger partial charge in [-0.25, -0.2) is 8.78 Å². The maximum Gasteiger partial charge on any atom is 0.241 e. The summed E-state index contributed by atoms with van der Waals surface area (Å²) in [6.45, 7) is 2.27. The molecule has 0 atom stereocenters. The minimum absolute atomic E-state index is 0.295. The van der Waals surface area contributed by atoms with E-state index in [-0.39, 0.29) is 5.92 Å². The molecule has 2 aliphatic carbocycles. The quantitative estimate of drug-likeness (QED) is 0.452. The molecule has 2 saturated carbocycles. The van der Waals surface area contributed by atoms with Gasteiger partial charge in [0, 0.05) is 5.92 Å². The van der Waals surface area contributed by atoms with Crippen molar-refractivity contribution >= 4 is 0 Å². The van der Waals surface area contributed by atoms with E-state index in [1.807, 2.05) is 0 Å². The van der Waals surface area contributed by atoms with Gasteiger partial charge in [0.2, 0.25) is 6.43 Å². The van der Waals surface area contributed by atoms with Crippen LogP contribution in [0.5, 0.6) is 0 Å². The molecule has 21 heavy (non-hydrogen) atoms. The van der Waals surface area contributed by atoms with Gasteiger partial charge in [-0.05, 0) is 56.3 Å². The number of alkyl halides is 2. The minimum atomic E-state index is -2.08. The maximum atomic E-state index is 12.7. The Bertz CT molecular complexity index is 261. The Kier molecular flexibility index (Phi) is 7.46. The van der Waals surface area contributed by atoms with Crippen LogP contribution < -0.4 is 0 Å². The summed E-state index contributed by atoms with van der Waals surface area (Å²) in [5.74, 6) is 2.29. The van der Waals surface area contributed by atoms with Gasteiger partial charge >= 0.3 is 0 Å². The van der Waals surface area contributed by atoms with Gasteiger partial charge in [0.25, 0.3) is 0 Å². The first kappa shape index (κ1) is 17.2. The molecule has 0 unspecified atom stereocenters. The van der Waals surface area contributed by atoms with Crippen molar-refractivity contribution in [1.29, 1.82) is 0 Å². The Labute approximate surface area is 130 Å². The Hall–Kier alpha value is -0.140. The van der Waals surface area contributed by atoms with Crippen LogP contribution in [0.3, 0.4) is 0 Å². The lowest BCUT2D eigenvalue weighted by molar-refractivity contribution is 0.0339. The van der Waals surface area contributed by atoms with Crippen molar-refractivity contribution in [2.45, 2.75) is 96.8 Å². The highest BCUT2D eigenvalue weighted by Gasteiger charge is 2.33. The van der Waals surface area contributed by atoms with Gasteiger partial charge < -0.3 is 0 Å². The molecular weight excluding hydrogens is 266 g/mol. The van der Waals surface area contributed by atoms with Crippen molar-refractivity contribution in [2.24, 2.45) is 23.7 Å². The second kappa shape index (κ2) is 9.10. The Balaban J connectivity index is 1.61. The van der Waals surface area contributed by atoms with Crippen molar-refractivity contribution in [3.8, 4) is 0 Å². The van der Waals surface area contributed by atoms with Gasteiger partial charge in [-0.2, -0.15) is 0 Å². The summed E-state index contributed by atoms with van der Waals surface area (Å²) in [5.41, 5.74) is 0. The monoisotopic (exact) mass is 300 g/mol. The fourth-order valence-corrected chi connectivity index (χ4v) is 4.68. The average Bonchev–Trinajstić information content (AvgIpc) is 2.52. The summed E-state index contributed by atoms with van der Waals surface area (Å²) in [6, 6.07) is 0. The summed E-state index contributed by atoms with van der Waals surface area (Å²) in [7, 11) is 0. The molecule has 0 saturated heterocycles. The molecule has 2 aliphatic rings. The molecule has 0 amide bonds. The van der Waals surface area contributed by atoms with E-state index >= 15 is 0 Å². The van der Waals surface area contributed by atoms with Crippen LogP contribution in [-0.4, -0.2) is 6.43 Å². The smallest absolute Gasteiger partial charge is 0.210 e.